The largest absolute Gasteiger partial charge is 0.507 e. The fourth-order valence-electron chi connectivity index (χ4n) is 2.64. The van der Waals surface area contributed by atoms with Gasteiger partial charge in [0.25, 0.3) is 14.7 Å². The van der Waals surface area contributed by atoms with E-state index in [2.05, 4.69) is 10.2 Å². The molecule has 0 saturated carbocycles. The van der Waals surface area contributed by atoms with Crippen LogP contribution in [-0.2, 0) is 18.9 Å². The van der Waals surface area contributed by atoms with Gasteiger partial charge in [0.2, 0.25) is 0 Å². The number of phenols is 1. The van der Waals surface area contributed by atoms with Gasteiger partial charge in [-0.25, -0.2) is 16.8 Å². The van der Waals surface area contributed by atoms with Crippen LogP contribution in [0.1, 0.15) is 0 Å². The molecule has 156 valence electrons. The standard InChI is InChI=1S/C17H12ClN3O7S2/c1-29(25,26)17-8-10(21(23)24)2-5-15(17)20-19-14-6-7-16(22)12-4-3-11(9-13(12)14)30(18,27)28/h2-9,22H,1H3. The van der Waals surface area contributed by atoms with Gasteiger partial charge < -0.3 is 5.11 Å². The lowest BCUT2D eigenvalue weighted by Gasteiger charge is -2.06. The summed E-state index contributed by atoms with van der Waals surface area (Å²) < 4.78 is 47.3. The first-order chi connectivity index (χ1) is 13.9. The Bertz CT molecular complexity index is 1440. The summed E-state index contributed by atoms with van der Waals surface area (Å²) in [6.07, 6.45) is 0.874. The molecule has 0 fully saturated rings. The zero-order valence-corrected chi connectivity index (χ0v) is 17.4. The van der Waals surface area contributed by atoms with Crippen molar-refractivity contribution in [2.24, 2.45) is 10.2 Å². The molecule has 13 heteroatoms. The average Bonchev–Trinajstić information content (AvgIpc) is 2.65. The van der Waals surface area contributed by atoms with E-state index in [1.807, 2.05) is 0 Å². The summed E-state index contributed by atoms with van der Waals surface area (Å²) in [5.41, 5.74) is -0.463. The van der Waals surface area contributed by atoms with Gasteiger partial charge >= 0.3 is 0 Å². The number of hydrogen-bond acceptors (Lipinski definition) is 9. The molecular formula is C17H12ClN3O7S2. The molecule has 0 amide bonds. The number of sulfone groups is 1. The average molecular weight is 470 g/mol. The summed E-state index contributed by atoms with van der Waals surface area (Å²) in [4.78, 5) is 9.57. The van der Waals surface area contributed by atoms with E-state index >= 15 is 0 Å². The third-order valence-electron chi connectivity index (χ3n) is 4.04. The molecule has 0 bridgehead atoms. The highest BCUT2D eigenvalue weighted by Crippen LogP contribution is 2.36. The number of non-ortho nitro benzene ring substituents is 1. The quantitative estimate of drug-likeness (QED) is 0.254. The van der Waals surface area contributed by atoms with E-state index in [1.165, 1.54) is 30.3 Å². The first-order valence-electron chi connectivity index (χ1n) is 7.98. The number of benzene rings is 3. The van der Waals surface area contributed by atoms with Crippen molar-refractivity contribution in [2.45, 2.75) is 9.79 Å². The Balaban J connectivity index is 2.19. The normalized spacial score (nSPS) is 12.5. The fraction of sp³-hybridized carbons (Fsp3) is 0.0588. The summed E-state index contributed by atoms with van der Waals surface area (Å²) in [7, 11) is -2.55. The molecule has 3 aromatic carbocycles. The molecule has 0 aliphatic carbocycles. The summed E-state index contributed by atoms with van der Waals surface area (Å²) in [6.45, 7) is 0. The van der Waals surface area contributed by atoms with Crippen LogP contribution in [0.25, 0.3) is 10.8 Å². The minimum atomic E-state index is -4.05. The van der Waals surface area contributed by atoms with Crippen molar-refractivity contribution < 1.29 is 26.9 Å². The summed E-state index contributed by atoms with van der Waals surface area (Å²) in [5, 5.41) is 29.2. The van der Waals surface area contributed by atoms with Crippen LogP contribution in [0.15, 0.2) is 68.6 Å². The van der Waals surface area contributed by atoms with Crippen LogP contribution in [0, 0.1) is 10.1 Å². The molecular weight excluding hydrogens is 458 g/mol. The molecule has 10 nitrogen and oxygen atoms in total. The number of halogens is 1. The van der Waals surface area contributed by atoms with Crippen LogP contribution < -0.4 is 0 Å². The van der Waals surface area contributed by atoms with E-state index in [0.717, 1.165) is 24.5 Å². The number of azo groups is 1. The van der Waals surface area contributed by atoms with Crippen LogP contribution in [0.4, 0.5) is 17.1 Å². The van der Waals surface area contributed by atoms with Crippen LogP contribution in [0.2, 0.25) is 0 Å². The molecule has 3 rings (SSSR count). The van der Waals surface area contributed by atoms with Gasteiger partial charge in [-0.3, -0.25) is 10.1 Å². The first kappa shape index (κ1) is 21.6. The number of rotatable bonds is 5. The number of nitrogens with zero attached hydrogens (tertiary/aromatic N) is 3. The fourth-order valence-corrected chi connectivity index (χ4v) is 4.24. The van der Waals surface area contributed by atoms with Crippen molar-refractivity contribution in [3.63, 3.8) is 0 Å². The highest BCUT2D eigenvalue weighted by molar-refractivity contribution is 8.13. The zero-order valence-electron chi connectivity index (χ0n) is 15.1. The Morgan fingerprint density at radius 2 is 1.57 bits per heavy atom. The number of phenolic OH excluding ortho intramolecular Hbond substituents is 1. The Morgan fingerprint density at radius 1 is 0.933 bits per heavy atom. The van der Waals surface area contributed by atoms with Gasteiger partial charge in [0, 0.05) is 39.8 Å². The maximum absolute atomic E-state index is 12.0. The number of nitro groups is 1. The molecule has 0 aromatic heterocycles. The molecule has 0 aliphatic rings. The lowest BCUT2D eigenvalue weighted by Crippen LogP contribution is -1.99. The highest BCUT2D eigenvalue weighted by Gasteiger charge is 2.19. The van der Waals surface area contributed by atoms with Crippen LogP contribution in [-0.4, -0.2) is 33.1 Å². The molecule has 0 spiro atoms. The topological polar surface area (TPSA) is 156 Å². The SMILES string of the molecule is CS(=O)(=O)c1cc([N+](=O)[O-])ccc1N=Nc1ccc(O)c2ccc(S(=O)(=O)Cl)cc12. The van der Waals surface area contributed by atoms with E-state index in [9.17, 15) is 32.1 Å². The molecule has 0 heterocycles. The number of aromatic hydroxyl groups is 1. The predicted octanol–water partition coefficient (Wildman–Crippen LogP) is 4.20. The third kappa shape index (κ3) is 4.40. The summed E-state index contributed by atoms with van der Waals surface area (Å²) in [6, 6.07) is 9.48. The maximum atomic E-state index is 12.0. The lowest BCUT2D eigenvalue weighted by atomic mass is 10.1. The molecule has 0 atom stereocenters. The van der Waals surface area contributed by atoms with Crippen molar-refractivity contribution in [1.82, 2.24) is 0 Å². The second-order valence-corrected chi connectivity index (χ2v) is 10.7. The summed E-state index contributed by atoms with van der Waals surface area (Å²) >= 11 is 0. The first-order valence-corrected chi connectivity index (χ1v) is 12.2. The highest BCUT2D eigenvalue weighted by atomic mass is 35.7. The van der Waals surface area contributed by atoms with Crippen molar-refractivity contribution in [1.29, 1.82) is 0 Å². The van der Waals surface area contributed by atoms with Crippen LogP contribution in [0.5, 0.6) is 5.75 Å². The number of fused-ring (bicyclic) bond motifs is 1. The Hall–Kier alpha value is -3.09. The minimum absolute atomic E-state index is 0.114. The molecule has 1 N–H and O–H groups in total. The molecule has 0 saturated heterocycles. The van der Waals surface area contributed by atoms with Crippen molar-refractivity contribution in [3.05, 3.63) is 58.6 Å². The molecule has 0 radical (unpaired) electrons. The maximum Gasteiger partial charge on any atom is 0.270 e. The molecule has 0 aliphatic heterocycles. The number of nitro benzene ring substituents is 1. The van der Waals surface area contributed by atoms with Crippen molar-refractivity contribution in [3.8, 4) is 5.75 Å². The van der Waals surface area contributed by atoms with Gasteiger partial charge in [-0.2, -0.15) is 0 Å². The van der Waals surface area contributed by atoms with Gasteiger partial charge in [0.05, 0.1) is 15.5 Å². The van der Waals surface area contributed by atoms with Crippen molar-refractivity contribution in [2.75, 3.05) is 6.26 Å². The Morgan fingerprint density at radius 3 is 2.17 bits per heavy atom. The summed E-state index contributed by atoms with van der Waals surface area (Å²) in [5.74, 6) is -0.144. The minimum Gasteiger partial charge on any atom is -0.507 e. The van der Waals surface area contributed by atoms with Gasteiger partial charge in [-0.05, 0) is 36.4 Å². The second-order valence-electron chi connectivity index (χ2n) is 6.13. The zero-order chi connectivity index (χ0) is 22.3. The molecule has 0 unspecified atom stereocenters. The van der Waals surface area contributed by atoms with Crippen LogP contribution >= 0.6 is 10.7 Å². The second kappa shape index (κ2) is 7.63. The Labute approximate surface area is 174 Å². The van der Waals surface area contributed by atoms with Gasteiger partial charge in [-0.15, -0.1) is 10.2 Å². The van der Waals surface area contributed by atoms with Gasteiger partial charge in [-0.1, -0.05) is 0 Å². The van der Waals surface area contributed by atoms with E-state index < -0.39 is 34.4 Å². The Kier molecular flexibility index (Phi) is 5.50. The molecule has 3 aromatic rings. The monoisotopic (exact) mass is 469 g/mol. The van der Waals surface area contributed by atoms with Gasteiger partial charge in [0.1, 0.15) is 16.3 Å². The van der Waals surface area contributed by atoms with Crippen molar-refractivity contribution >= 4 is 57.4 Å². The van der Waals surface area contributed by atoms with Gasteiger partial charge in [0.15, 0.2) is 9.84 Å². The smallest absolute Gasteiger partial charge is 0.270 e. The molecule has 30 heavy (non-hydrogen) atoms. The lowest BCUT2D eigenvalue weighted by molar-refractivity contribution is -0.385. The van der Waals surface area contributed by atoms with E-state index in [1.54, 1.807) is 0 Å². The van der Waals surface area contributed by atoms with Crippen LogP contribution in [0.3, 0.4) is 0 Å². The number of hydrogen-bond donors (Lipinski definition) is 1. The van der Waals surface area contributed by atoms with E-state index in [-0.39, 0.29) is 32.8 Å². The predicted molar refractivity (Wildman–Crippen MR) is 109 cm³/mol. The third-order valence-corrected chi connectivity index (χ3v) is 6.52. The van der Waals surface area contributed by atoms with E-state index in [4.69, 9.17) is 10.7 Å². The van der Waals surface area contributed by atoms with E-state index in [0.29, 0.717) is 0 Å².